The number of carbonyl (C=O) groups excluding carboxylic acids is 2. The molecular formula is C14H18N2O5. The van der Waals surface area contributed by atoms with E-state index in [4.69, 9.17) is 9.84 Å². The van der Waals surface area contributed by atoms with Gasteiger partial charge in [-0.05, 0) is 18.6 Å². The summed E-state index contributed by atoms with van der Waals surface area (Å²) in [4.78, 5) is 35.0. The van der Waals surface area contributed by atoms with Gasteiger partial charge in [0.1, 0.15) is 5.75 Å². The molecule has 3 amide bonds. The molecule has 0 aliphatic heterocycles. The minimum absolute atomic E-state index is 0.00993. The maximum atomic E-state index is 11.9. The smallest absolute Gasteiger partial charge is 0.328 e. The van der Waals surface area contributed by atoms with Crippen LogP contribution in [0.15, 0.2) is 24.3 Å². The molecule has 0 radical (unpaired) electrons. The lowest BCUT2D eigenvalue weighted by molar-refractivity contribution is -0.137. The summed E-state index contributed by atoms with van der Waals surface area (Å²) in [5.74, 6) is -0.876. The molecule has 0 heterocycles. The molecule has 1 aromatic rings. The van der Waals surface area contributed by atoms with Gasteiger partial charge in [0.05, 0.1) is 7.11 Å². The first-order valence-electron chi connectivity index (χ1n) is 6.37. The molecule has 1 rings (SSSR count). The van der Waals surface area contributed by atoms with Crippen molar-refractivity contribution in [3.63, 3.8) is 0 Å². The van der Waals surface area contributed by atoms with Crippen LogP contribution in [0.3, 0.4) is 0 Å². The van der Waals surface area contributed by atoms with Crippen LogP contribution in [0.1, 0.15) is 19.3 Å². The number of carboxylic acid groups (broad SMARTS) is 1. The second-order valence-corrected chi connectivity index (χ2v) is 4.36. The van der Waals surface area contributed by atoms with Crippen LogP contribution in [-0.2, 0) is 9.59 Å². The highest BCUT2D eigenvalue weighted by molar-refractivity contribution is 6.02. The first kappa shape index (κ1) is 16.5. The number of carbonyl (C=O) groups is 3. The minimum Gasteiger partial charge on any atom is -0.497 e. The Kier molecular flexibility index (Phi) is 6.19. The number of hydrogen-bond acceptors (Lipinski definition) is 4. The Morgan fingerprint density at radius 3 is 2.62 bits per heavy atom. The van der Waals surface area contributed by atoms with Crippen LogP contribution in [0, 0.1) is 0 Å². The number of urea groups is 1. The van der Waals surface area contributed by atoms with Gasteiger partial charge in [0.2, 0.25) is 5.91 Å². The summed E-state index contributed by atoms with van der Waals surface area (Å²) in [6.45, 7) is 0. The van der Waals surface area contributed by atoms with E-state index in [0.717, 1.165) is 0 Å². The van der Waals surface area contributed by atoms with E-state index in [1.54, 1.807) is 24.3 Å². The van der Waals surface area contributed by atoms with Gasteiger partial charge in [0, 0.05) is 31.6 Å². The third-order valence-electron chi connectivity index (χ3n) is 2.79. The van der Waals surface area contributed by atoms with Crippen molar-refractivity contribution in [3.8, 4) is 5.75 Å². The number of rotatable bonds is 6. The Hall–Kier alpha value is -2.57. The monoisotopic (exact) mass is 294 g/mol. The number of anilines is 1. The molecule has 0 saturated heterocycles. The Bertz CT molecular complexity index is 530. The molecule has 0 fully saturated rings. The molecule has 0 unspecified atom stereocenters. The summed E-state index contributed by atoms with van der Waals surface area (Å²) < 4.78 is 5.06. The molecule has 7 heteroatoms. The second-order valence-electron chi connectivity index (χ2n) is 4.36. The standard InChI is InChI=1S/C14H18N2O5/c1-16(10-5-3-6-11(9-10)21-2)14(20)15-12(17)7-4-8-13(18)19/h3,5-6,9H,4,7-8H2,1-2H3,(H,18,19)(H,15,17,20). The van der Waals surface area contributed by atoms with Gasteiger partial charge in [0.25, 0.3) is 0 Å². The summed E-state index contributed by atoms with van der Waals surface area (Å²) in [6.07, 6.45) is 0.0780. The van der Waals surface area contributed by atoms with Crippen molar-refractivity contribution in [1.82, 2.24) is 5.32 Å². The lowest BCUT2D eigenvalue weighted by atomic mass is 10.2. The molecule has 0 aliphatic rings. The molecule has 0 spiro atoms. The van der Waals surface area contributed by atoms with E-state index >= 15 is 0 Å². The normalized spacial score (nSPS) is 9.81. The van der Waals surface area contributed by atoms with Gasteiger partial charge in [-0.1, -0.05) is 6.07 Å². The second kappa shape index (κ2) is 7.88. The lowest BCUT2D eigenvalue weighted by Crippen LogP contribution is -2.40. The summed E-state index contributed by atoms with van der Waals surface area (Å²) in [5.41, 5.74) is 0.574. The van der Waals surface area contributed by atoms with E-state index in [1.807, 2.05) is 0 Å². The molecular weight excluding hydrogens is 276 g/mol. The van der Waals surface area contributed by atoms with Crippen LogP contribution in [0.4, 0.5) is 10.5 Å². The number of nitrogens with zero attached hydrogens (tertiary/aromatic N) is 1. The number of benzene rings is 1. The number of nitrogens with one attached hydrogen (secondary N) is 1. The van der Waals surface area contributed by atoms with Gasteiger partial charge >= 0.3 is 12.0 Å². The number of carboxylic acids is 1. The van der Waals surface area contributed by atoms with Crippen LogP contribution < -0.4 is 15.0 Å². The summed E-state index contributed by atoms with van der Waals surface area (Å²) in [7, 11) is 3.04. The van der Waals surface area contributed by atoms with E-state index in [0.29, 0.717) is 11.4 Å². The van der Waals surface area contributed by atoms with Crippen molar-refractivity contribution < 1.29 is 24.2 Å². The van der Waals surface area contributed by atoms with E-state index in [1.165, 1.54) is 19.1 Å². The van der Waals surface area contributed by atoms with E-state index in [9.17, 15) is 14.4 Å². The fourth-order valence-corrected chi connectivity index (χ4v) is 1.60. The molecule has 7 nitrogen and oxygen atoms in total. The van der Waals surface area contributed by atoms with Crippen LogP contribution in [0.2, 0.25) is 0 Å². The van der Waals surface area contributed by atoms with Gasteiger partial charge in [-0.15, -0.1) is 0 Å². The first-order valence-corrected chi connectivity index (χ1v) is 6.37. The average Bonchev–Trinajstić information content (AvgIpc) is 2.46. The predicted octanol–water partition coefficient (Wildman–Crippen LogP) is 1.62. The molecule has 0 saturated carbocycles. The highest BCUT2D eigenvalue weighted by atomic mass is 16.5. The maximum absolute atomic E-state index is 11.9. The van der Waals surface area contributed by atoms with Gasteiger partial charge in [-0.25, -0.2) is 4.79 Å². The van der Waals surface area contributed by atoms with Crippen molar-refractivity contribution in [2.24, 2.45) is 0 Å². The molecule has 21 heavy (non-hydrogen) atoms. The van der Waals surface area contributed by atoms with Gasteiger partial charge in [0.15, 0.2) is 0 Å². The van der Waals surface area contributed by atoms with Gasteiger partial charge < -0.3 is 9.84 Å². The number of aliphatic carboxylic acids is 1. The molecule has 0 aliphatic carbocycles. The largest absolute Gasteiger partial charge is 0.497 e. The van der Waals surface area contributed by atoms with E-state index in [2.05, 4.69) is 5.32 Å². The highest BCUT2D eigenvalue weighted by Crippen LogP contribution is 2.19. The Labute approximate surface area is 122 Å². The topological polar surface area (TPSA) is 95.9 Å². The van der Waals surface area contributed by atoms with Gasteiger partial charge in [-0.2, -0.15) is 0 Å². The Morgan fingerprint density at radius 1 is 1.29 bits per heavy atom. The Balaban J connectivity index is 2.53. The van der Waals surface area contributed by atoms with E-state index < -0.39 is 17.9 Å². The SMILES string of the molecule is COc1cccc(N(C)C(=O)NC(=O)CCCC(=O)O)c1. The number of methoxy groups -OCH3 is 1. The van der Waals surface area contributed by atoms with E-state index in [-0.39, 0.29) is 19.3 Å². The maximum Gasteiger partial charge on any atom is 0.328 e. The molecule has 2 N–H and O–H groups in total. The third-order valence-corrected chi connectivity index (χ3v) is 2.79. The summed E-state index contributed by atoms with van der Waals surface area (Å²) in [5, 5.41) is 10.7. The van der Waals surface area contributed by atoms with Crippen LogP contribution in [0.5, 0.6) is 5.75 Å². The third kappa shape index (κ3) is 5.52. The van der Waals surface area contributed by atoms with Crippen molar-refractivity contribution in [3.05, 3.63) is 24.3 Å². The van der Waals surface area contributed by atoms with Crippen molar-refractivity contribution >= 4 is 23.6 Å². The van der Waals surface area contributed by atoms with Crippen LogP contribution in [0.25, 0.3) is 0 Å². The number of imide groups is 1. The lowest BCUT2D eigenvalue weighted by Gasteiger charge is -2.18. The highest BCUT2D eigenvalue weighted by Gasteiger charge is 2.14. The number of amides is 3. The number of ether oxygens (including phenoxy) is 1. The van der Waals surface area contributed by atoms with Crippen molar-refractivity contribution in [1.29, 1.82) is 0 Å². The molecule has 0 bridgehead atoms. The zero-order valence-electron chi connectivity index (χ0n) is 12.0. The average molecular weight is 294 g/mol. The van der Waals surface area contributed by atoms with Crippen LogP contribution >= 0.6 is 0 Å². The van der Waals surface area contributed by atoms with Crippen molar-refractivity contribution in [2.75, 3.05) is 19.1 Å². The first-order chi connectivity index (χ1) is 9.93. The van der Waals surface area contributed by atoms with Gasteiger partial charge in [-0.3, -0.25) is 19.8 Å². The zero-order valence-corrected chi connectivity index (χ0v) is 12.0. The molecule has 114 valence electrons. The molecule has 1 aromatic carbocycles. The fourth-order valence-electron chi connectivity index (χ4n) is 1.60. The zero-order chi connectivity index (χ0) is 15.8. The quantitative estimate of drug-likeness (QED) is 0.831. The predicted molar refractivity (Wildman–Crippen MR) is 76.4 cm³/mol. The summed E-state index contributed by atoms with van der Waals surface area (Å²) >= 11 is 0. The summed E-state index contributed by atoms with van der Waals surface area (Å²) in [6, 6.07) is 6.26. The molecule has 0 atom stereocenters. The molecule has 0 aromatic heterocycles. The fraction of sp³-hybridized carbons (Fsp3) is 0.357. The number of hydrogen-bond donors (Lipinski definition) is 2. The van der Waals surface area contributed by atoms with Crippen LogP contribution in [-0.4, -0.2) is 37.2 Å². The minimum atomic E-state index is -0.970. The Morgan fingerprint density at radius 2 is 2.00 bits per heavy atom. The van der Waals surface area contributed by atoms with Crippen molar-refractivity contribution in [2.45, 2.75) is 19.3 Å².